The fourth-order valence-corrected chi connectivity index (χ4v) is 1.44. The zero-order chi connectivity index (χ0) is 11.6. The Morgan fingerprint density at radius 3 is 2.27 bits per heavy atom. The molecule has 0 amide bonds. The second-order valence-corrected chi connectivity index (χ2v) is 4.41. The maximum Gasteiger partial charge on any atom is 0.186 e. The van der Waals surface area contributed by atoms with Crippen molar-refractivity contribution in [3.05, 3.63) is 0 Å². The van der Waals surface area contributed by atoms with E-state index in [1.165, 1.54) is 0 Å². The molecule has 5 heteroatoms. The molecule has 0 bridgehead atoms. The number of hydrogen-bond acceptors (Lipinski definition) is 5. The summed E-state index contributed by atoms with van der Waals surface area (Å²) in [7, 11) is 0. The zero-order valence-corrected chi connectivity index (χ0v) is 9.33. The zero-order valence-electron chi connectivity index (χ0n) is 9.33. The van der Waals surface area contributed by atoms with Gasteiger partial charge in [-0.25, -0.2) is 0 Å². The summed E-state index contributed by atoms with van der Waals surface area (Å²) >= 11 is 0. The molecule has 0 aliphatic carbocycles. The van der Waals surface area contributed by atoms with Crippen LogP contribution in [0.2, 0.25) is 0 Å². The van der Waals surface area contributed by atoms with E-state index in [9.17, 15) is 15.3 Å². The average Bonchev–Trinajstić information content (AvgIpc) is 2.18. The van der Waals surface area contributed by atoms with Gasteiger partial charge >= 0.3 is 0 Å². The molecule has 5 atom stereocenters. The van der Waals surface area contributed by atoms with Gasteiger partial charge in [0.1, 0.15) is 18.3 Å². The summed E-state index contributed by atoms with van der Waals surface area (Å²) in [6.07, 6.45) is -4.89. The minimum absolute atomic E-state index is 0.320. The van der Waals surface area contributed by atoms with Gasteiger partial charge in [-0.3, -0.25) is 0 Å². The molecule has 0 aromatic rings. The minimum Gasteiger partial charge on any atom is -0.388 e. The molecule has 3 N–H and O–H groups in total. The SMILES string of the molecule is CC(C)CO[C@@H]1O[C@@H](C)[C@H](O)[C@@H](O)[C@H]1O. The highest BCUT2D eigenvalue weighted by Gasteiger charge is 2.42. The fourth-order valence-electron chi connectivity index (χ4n) is 1.44. The summed E-state index contributed by atoms with van der Waals surface area (Å²) in [6.45, 7) is 6.02. The summed E-state index contributed by atoms with van der Waals surface area (Å²) in [5, 5.41) is 28.5. The van der Waals surface area contributed by atoms with Gasteiger partial charge in [-0.15, -0.1) is 0 Å². The van der Waals surface area contributed by atoms with Crippen molar-refractivity contribution in [2.45, 2.75) is 51.5 Å². The molecule has 0 saturated carbocycles. The van der Waals surface area contributed by atoms with Crippen molar-refractivity contribution in [3.63, 3.8) is 0 Å². The van der Waals surface area contributed by atoms with Crippen LogP contribution in [0, 0.1) is 5.92 Å². The molecular formula is C10H20O5. The smallest absolute Gasteiger partial charge is 0.186 e. The van der Waals surface area contributed by atoms with Gasteiger partial charge in [-0.1, -0.05) is 13.8 Å². The molecule has 1 fully saturated rings. The number of ether oxygens (including phenoxy) is 2. The summed E-state index contributed by atoms with van der Waals surface area (Å²) in [4.78, 5) is 0. The highest BCUT2D eigenvalue weighted by Crippen LogP contribution is 2.21. The molecule has 0 radical (unpaired) electrons. The second kappa shape index (κ2) is 5.23. The Bertz CT molecular complexity index is 196. The van der Waals surface area contributed by atoms with Gasteiger partial charge < -0.3 is 24.8 Å². The quantitative estimate of drug-likeness (QED) is 0.597. The van der Waals surface area contributed by atoms with Gasteiger partial charge in [0.05, 0.1) is 12.7 Å². The van der Waals surface area contributed by atoms with Crippen molar-refractivity contribution in [2.24, 2.45) is 5.92 Å². The molecule has 1 heterocycles. The Morgan fingerprint density at radius 1 is 1.13 bits per heavy atom. The molecule has 90 valence electrons. The molecule has 1 aliphatic rings. The van der Waals surface area contributed by atoms with Gasteiger partial charge in [0.25, 0.3) is 0 Å². The Labute approximate surface area is 89.6 Å². The summed E-state index contributed by atoms with van der Waals surface area (Å²) in [5.41, 5.74) is 0. The van der Waals surface area contributed by atoms with Crippen molar-refractivity contribution < 1.29 is 24.8 Å². The predicted octanol–water partition coefficient (Wildman–Crippen LogP) is -0.514. The maximum absolute atomic E-state index is 9.58. The van der Waals surface area contributed by atoms with Crippen LogP contribution in [0.5, 0.6) is 0 Å². The average molecular weight is 220 g/mol. The lowest BCUT2D eigenvalue weighted by molar-refractivity contribution is -0.294. The van der Waals surface area contributed by atoms with Gasteiger partial charge in [0, 0.05) is 0 Å². The molecule has 1 saturated heterocycles. The predicted molar refractivity (Wildman–Crippen MR) is 53.1 cm³/mol. The molecule has 1 rings (SSSR count). The first kappa shape index (κ1) is 12.9. The van der Waals surface area contributed by atoms with Gasteiger partial charge in [-0.2, -0.15) is 0 Å². The standard InChI is InChI=1S/C10H20O5/c1-5(2)4-14-10-9(13)8(12)7(11)6(3)15-10/h5-13H,4H2,1-3H3/t6-,7-,8+,9+,10+/m0/s1. The lowest BCUT2D eigenvalue weighted by atomic mass is 10.00. The van der Waals surface area contributed by atoms with Gasteiger partial charge in [0.2, 0.25) is 0 Å². The third-order valence-electron chi connectivity index (χ3n) is 2.40. The van der Waals surface area contributed by atoms with Gasteiger partial charge in [-0.05, 0) is 12.8 Å². The maximum atomic E-state index is 9.58. The van der Waals surface area contributed by atoms with Crippen LogP contribution < -0.4 is 0 Å². The highest BCUT2D eigenvalue weighted by molar-refractivity contribution is 4.87. The third kappa shape index (κ3) is 3.12. The number of aliphatic hydroxyl groups excluding tert-OH is 3. The van der Waals surface area contributed by atoms with Crippen LogP contribution in [0.3, 0.4) is 0 Å². The molecule has 0 unspecified atom stereocenters. The van der Waals surface area contributed by atoms with E-state index in [1.807, 2.05) is 13.8 Å². The Balaban J connectivity index is 2.51. The van der Waals surface area contributed by atoms with Crippen molar-refractivity contribution in [2.75, 3.05) is 6.61 Å². The Morgan fingerprint density at radius 2 is 1.73 bits per heavy atom. The van der Waals surface area contributed by atoms with Crippen LogP contribution in [0.25, 0.3) is 0 Å². The molecule has 0 spiro atoms. The highest BCUT2D eigenvalue weighted by atomic mass is 16.7. The lowest BCUT2D eigenvalue weighted by Gasteiger charge is -2.39. The van der Waals surface area contributed by atoms with Gasteiger partial charge in [0.15, 0.2) is 6.29 Å². The summed E-state index contributed by atoms with van der Waals surface area (Å²) in [5.74, 6) is 0.320. The minimum atomic E-state index is -1.22. The van der Waals surface area contributed by atoms with Crippen LogP contribution in [0.4, 0.5) is 0 Å². The normalized spacial score (nSPS) is 42.2. The van der Waals surface area contributed by atoms with Crippen LogP contribution in [-0.2, 0) is 9.47 Å². The monoisotopic (exact) mass is 220 g/mol. The second-order valence-electron chi connectivity index (χ2n) is 4.41. The lowest BCUT2D eigenvalue weighted by Crippen LogP contribution is -2.57. The van der Waals surface area contributed by atoms with Crippen molar-refractivity contribution in [3.8, 4) is 0 Å². The summed E-state index contributed by atoms with van der Waals surface area (Å²) in [6, 6.07) is 0. The first-order chi connectivity index (χ1) is 6.93. The first-order valence-electron chi connectivity index (χ1n) is 5.24. The molecule has 1 aliphatic heterocycles. The van der Waals surface area contributed by atoms with E-state index in [0.29, 0.717) is 12.5 Å². The van der Waals surface area contributed by atoms with Crippen LogP contribution in [0.15, 0.2) is 0 Å². The van der Waals surface area contributed by atoms with Crippen LogP contribution in [0.1, 0.15) is 20.8 Å². The van der Waals surface area contributed by atoms with Crippen molar-refractivity contribution in [1.82, 2.24) is 0 Å². The fraction of sp³-hybridized carbons (Fsp3) is 1.00. The number of hydrogen-bond donors (Lipinski definition) is 3. The Hall–Kier alpha value is -0.200. The molecule has 0 aromatic carbocycles. The van der Waals surface area contributed by atoms with E-state index >= 15 is 0 Å². The topological polar surface area (TPSA) is 79.2 Å². The van der Waals surface area contributed by atoms with Crippen molar-refractivity contribution in [1.29, 1.82) is 0 Å². The molecule has 0 aromatic heterocycles. The van der Waals surface area contributed by atoms with E-state index in [4.69, 9.17) is 9.47 Å². The third-order valence-corrected chi connectivity index (χ3v) is 2.40. The van der Waals surface area contributed by atoms with E-state index in [0.717, 1.165) is 0 Å². The van der Waals surface area contributed by atoms with Crippen LogP contribution in [-0.4, -0.2) is 52.6 Å². The van der Waals surface area contributed by atoms with E-state index < -0.39 is 30.7 Å². The van der Waals surface area contributed by atoms with E-state index in [2.05, 4.69) is 0 Å². The first-order valence-corrected chi connectivity index (χ1v) is 5.24. The van der Waals surface area contributed by atoms with Crippen LogP contribution >= 0.6 is 0 Å². The van der Waals surface area contributed by atoms with E-state index in [1.54, 1.807) is 6.92 Å². The molecule has 15 heavy (non-hydrogen) atoms. The molecular weight excluding hydrogens is 200 g/mol. The van der Waals surface area contributed by atoms with E-state index in [-0.39, 0.29) is 0 Å². The Kier molecular flexibility index (Phi) is 4.48. The number of rotatable bonds is 3. The number of aliphatic hydroxyl groups is 3. The summed E-state index contributed by atoms with van der Waals surface area (Å²) < 4.78 is 10.6. The molecule has 5 nitrogen and oxygen atoms in total. The largest absolute Gasteiger partial charge is 0.388 e. The van der Waals surface area contributed by atoms with Crippen molar-refractivity contribution >= 4 is 0 Å².